The molecule has 2 aromatic rings. The Bertz CT molecular complexity index is 1130. The van der Waals surface area contributed by atoms with Crippen LogP contribution in [0.5, 0.6) is 0 Å². The molecule has 1 atom stereocenters. The summed E-state index contributed by atoms with van der Waals surface area (Å²) in [6.45, 7) is 10.9. The second-order valence-corrected chi connectivity index (χ2v) is 9.90. The summed E-state index contributed by atoms with van der Waals surface area (Å²) in [4.78, 5) is 45.1. The van der Waals surface area contributed by atoms with E-state index >= 15 is 0 Å². The molecule has 3 amide bonds. The SMILES string of the molecule is CCN1CCN(CCCNC(=O)c2cc3n(n2)CC(C)(C(=O)NCc2ccc(F)cc2)N(C)C3=O)CC1. The first kappa shape index (κ1) is 26.7. The van der Waals surface area contributed by atoms with E-state index in [2.05, 4.69) is 32.5 Å². The van der Waals surface area contributed by atoms with Crippen molar-refractivity contribution in [1.29, 1.82) is 0 Å². The van der Waals surface area contributed by atoms with E-state index < -0.39 is 5.54 Å². The monoisotopic (exact) mass is 513 g/mol. The molecule has 200 valence electrons. The van der Waals surface area contributed by atoms with Crippen molar-refractivity contribution in [2.24, 2.45) is 0 Å². The van der Waals surface area contributed by atoms with Crippen molar-refractivity contribution in [3.8, 4) is 0 Å². The van der Waals surface area contributed by atoms with Crippen LogP contribution in [0, 0.1) is 5.82 Å². The van der Waals surface area contributed by atoms with Gasteiger partial charge in [0.15, 0.2) is 5.69 Å². The van der Waals surface area contributed by atoms with E-state index in [0.717, 1.165) is 51.3 Å². The number of fused-ring (bicyclic) bond motifs is 1. The molecule has 1 unspecified atom stereocenters. The molecule has 0 bridgehead atoms. The third kappa shape index (κ3) is 5.99. The summed E-state index contributed by atoms with van der Waals surface area (Å²) in [5, 5.41) is 10.1. The molecular weight excluding hydrogens is 477 g/mol. The number of piperazine rings is 1. The molecule has 1 aromatic carbocycles. The van der Waals surface area contributed by atoms with Gasteiger partial charge in [0, 0.05) is 52.4 Å². The molecule has 11 heteroatoms. The van der Waals surface area contributed by atoms with Gasteiger partial charge in [0.1, 0.15) is 17.1 Å². The van der Waals surface area contributed by atoms with E-state index in [4.69, 9.17) is 0 Å². The van der Waals surface area contributed by atoms with Crippen LogP contribution in [0.4, 0.5) is 4.39 Å². The highest BCUT2D eigenvalue weighted by molar-refractivity contribution is 6.01. The average Bonchev–Trinajstić information content (AvgIpc) is 3.33. The van der Waals surface area contributed by atoms with Gasteiger partial charge in [0.25, 0.3) is 11.8 Å². The van der Waals surface area contributed by atoms with Crippen molar-refractivity contribution in [2.75, 3.05) is 52.9 Å². The highest BCUT2D eigenvalue weighted by Gasteiger charge is 2.46. The standard InChI is InChI=1S/C26H36FN7O3/c1-4-32-12-14-33(15-13-32)11-5-10-28-23(35)21-16-22-24(36)31(3)26(2,18-34(22)30-21)25(37)29-17-19-6-8-20(27)9-7-19/h6-9,16H,4-5,10-15,17-18H2,1-3H3,(H,28,35)(H,29,37). The molecule has 0 spiro atoms. The van der Waals surface area contributed by atoms with Crippen molar-refractivity contribution >= 4 is 17.7 Å². The normalized spacial score (nSPS) is 20.5. The molecule has 2 aliphatic heterocycles. The van der Waals surface area contributed by atoms with Crippen LogP contribution < -0.4 is 10.6 Å². The third-order valence-electron chi connectivity index (χ3n) is 7.44. The smallest absolute Gasteiger partial charge is 0.272 e. The van der Waals surface area contributed by atoms with Crippen molar-refractivity contribution in [2.45, 2.75) is 38.9 Å². The third-order valence-corrected chi connectivity index (χ3v) is 7.44. The number of rotatable bonds is 9. The highest BCUT2D eigenvalue weighted by atomic mass is 19.1. The van der Waals surface area contributed by atoms with Crippen molar-refractivity contribution in [1.82, 2.24) is 35.1 Å². The van der Waals surface area contributed by atoms with E-state index in [0.29, 0.717) is 6.54 Å². The van der Waals surface area contributed by atoms with Gasteiger partial charge >= 0.3 is 0 Å². The van der Waals surface area contributed by atoms with Crippen molar-refractivity contribution in [3.63, 3.8) is 0 Å². The van der Waals surface area contributed by atoms with Crippen LogP contribution >= 0.6 is 0 Å². The average molecular weight is 514 g/mol. The van der Waals surface area contributed by atoms with Gasteiger partial charge in [-0.1, -0.05) is 19.1 Å². The molecule has 1 aromatic heterocycles. The van der Waals surface area contributed by atoms with Gasteiger partial charge in [-0.25, -0.2) is 4.39 Å². The fourth-order valence-corrected chi connectivity index (χ4v) is 4.74. The fraction of sp³-hybridized carbons (Fsp3) is 0.538. The van der Waals surface area contributed by atoms with E-state index in [1.54, 1.807) is 26.1 Å². The lowest BCUT2D eigenvalue weighted by molar-refractivity contribution is -0.132. The van der Waals surface area contributed by atoms with E-state index in [9.17, 15) is 18.8 Å². The van der Waals surface area contributed by atoms with Gasteiger partial charge in [0.2, 0.25) is 5.91 Å². The minimum absolute atomic E-state index is 0.108. The number of amides is 3. The quantitative estimate of drug-likeness (QED) is 0.484. The zero-order valence-corrected chi connectivity index (χ0v) is 21.8. The first-order valence-corrected chi connectivity index (χ1v) is 12.8. The molecule has 3 heterocycles. The summed E-state index contributed by atoms with van der Waals surface area (Å²) in [6.07, 6.45) is 0.833. The minimum atomic E-state index is -1.20. The van der Waals surface area contributed by atoms with Crippen molar-refractivity contribution < 1.29 is 18.8 Å². The molecule has 4 rings (SSSR count). The molecule has 1 fully saturated rings. The summed E-state index contributed by atoms with van der Waals surface area (Å²) in [7, 11) is 1.57. The Balaban J connectivity index is 1.32. The summed E-state index contributed by atoms with van der Waals surface area (Å²) in [6, 6.07) is 7.33. The number of hydrogen-bond acceptors (Lipinski definition) is 6. The Hall–Kier alpha value is -3.31. The van der Waals surface area contributed by atoms with Crippen molar-refractivity contribution in [3.05, 3.63) is 53.1 Å². The van der Waals surface area contributed by atoms with Gasteiger partial charge in [0.05, 0.1) is 6.54 Å². The Kier molecular flexibility index (Phi) is 8.23. The van der Waals surface area contributed by atoms with Gasteiger partial charge in [-0.2, -0.15) is 5.10 Å². The molecule has 2 N–H and O–H groups in total. The lowest BCUT2D eigenvalue weighted by atomic mass is 9.96. The first-order valence-electron chi connectivity index (χ1n) is 12.8. The van der Waals surface area contributed by atoms with Crippen LogP contribution in [-0.4, -0.2) is 101 Å². The summed E-state index contributed by atoms with van der Waals surface area (Å²) >= 11 is 0. The summed E-state index contributed by atoms with van der Waals surface area (Å²) in [5.74, 6) is -1.44. The second kappa shape index (κ2) is 11.4. The zero-order valence-electron chi connectivity index (χ0n) is 21.8. The molecular formula is C26H36FN7O3. The van der Waals surface area contributed by atoms with Crippen LogP contribution in [0.2, 0.25) is 0 Å². The molecule has 2 aliphatic rings. The maximum absolute atomic E-state index is 13.1. The molecule has 0 saturated carbocycles. The topological polar surface area (TPSA) is 103 Å². The largest absolute Gasteiger partial charge is 0.351 e. The number of carbonyl (C=O) groups is 3. The van der Waals surface area contributed by atoms with Crippen LogP contribution in [-0.2, 0) is 17.9 Å². The molecule has 0 aliphatic carbocycles. The number of carbonyl (C=O) groups excluding carboxylic acids is 3. The Morgan fingerprint density at radius 1 is 1.08 bits per heavy atom. The Labute approximate surface area is 216 Å². The second-order valence-electron chi connectivity index (χ2n) is 9.90. The molecule has 0 radical (unpaired) electrons. The fourth-order valence-electron chi connectivity index (χ4n) is 4.74. The maximum Gasteiger partial charge on any atom is 0.272 e. The van der Waals surface area contributed by atoms with Crippen LogP contribution in [0.15, 0.2) is 30.3 Å². The maximum atomic E-state index is 13.1. The van der Waals surface area contributed by atoms with Crippen LogP contribution in [0.25, 0.3) is 0 Å². The lowest BCUT2D eigenvalue weighted by Gasteiger charge is -2.40. The Morgan fingerprint density at radius 3 is 2.43 bits per heavy atom. The predicted molar refractivity (Wildman–Crippen MR) is 136 cm³/mol. The van der Waals surface area contributed by atoms with Crippen LogP contribution in [0.1, 0.15) is 46.8 Å². The molecule has 37 heavy (non-hydrogen) atoms. The van der Waals surface area contributed by atoms with Gasteiger partial charge < -0.3 is 25.3 Å². The number of halogens is 1. The predicted octanol–water partition coefficient (Wildman–Crippen LogP) is 0.940. The molecule has 1 saturated heterocycles. The number of nitrogens with one attached hydrogen (secondary N) is 2. The van der Waals surface area contributed by atoms with E-state index in [-0.39, 0.29) is 48.0 Å². The number of hydrogen-bond donors (Lipinski definition) is 2. The van der Waals surface area contributed by atoms with E-state index in [1.807, 2.05) is 0 Å². The van der Waals surface area contributed by atoms with E-state index in [1.165, 1.54) is 27.8 Å². The van der Waals surface area contributed by atoms with Gasteiger partial charge in [-0.15, -0.1) is 0 Å². The van der Waals surface area contributed by atoms with Gasteiger partial charge in [-0.3, -0.25) is 19.1 Å². The Morgan fingerprint density at radius 2 is 1.76 bits per heavy atom. The van der Waals surface area contributed by atoms with Crippen LogP contribution in [0.3, 0.4) is 0 Å². The number of benzene rings is 1. The number of likely N-dealkylation sites (N-methyl/N-ethyl adjacent to an activating group) is 2. The summed E-state index contributed by atoms with van der Waals surface area (Å²) in [5.41, 5.74) is -0.0364. The number of nitrogens with zero attached hydrogens (tertiary/aromatic N) is 5. The van der Waals surface area contributed by atoms with Gasteiger partial charge in [-0.05, 0) is 44.1 Å². The molecule has 10 nitrogen and oxygen atoms in total. The zero-order chi connectivity index (χ0) is 26.6. The number of aromatic nitrogens is 2. The first-order chi connectivity index (χ1) is 17.7. The highest BCUT2D eigenvalue weighted by Crippen LogP contribution is 2.26. The summed E-state index contributed by atoms with van der Waals surface area (Å²) < 4.78 is 14.6. The minimum Gasteiger partial charge on any atom is -0.351 e. The lowest BCUT2D eigenvalue weighted by Crippen LogP contribution is -2.62.